The average Bonchev–Trinajstić information content (AvgIpc) is 3.19. The van der Waals surface area contributed by atoms with Gasteiger partial charge in [0, 0.05) is 36.2 Å². The molecule has 0 radical (unpaired) electrons. The highest BCUT2D eigenvalue weighted by Gasteiger charge is 2.48. The number of rotatable bonds is 8. The Kier molecular flexibility index (Phi) is 7.00. The van der Waals surface area contributed by atoms with Gasteiger partial charge in [0.05, 0.1) is 12.2 Å². The predicted octanol–water partition coefficient (Wildman–Crippen LogP) is 1.95. The van der Waals surface area contributed by atoms with Crippen molar-refractivity contribution >= 4 is 5.97 Å². The Morgan fingerprint density at radius 3 is 2.97 bits per heavy atom. The van der Waals surface area contributed by atoms with E-state index in [4.69, 9.17) is 4.74 Å². The highest BCUT2D eigenvalue weighted by Crippen LogP contribution is 2.52. The molecule has 5 nitrogen and oxygen atoms in total. The maximum absolute atomic E-state index is 10.7. The number of carboxylic acid groups (broad SMARTS) is 1. The average molecular weight is 397 g/mol. The zero-order chi connectivity index (χ0) is 21.0. The van der Waals surface area contributed by atoms with Crippen LogP contribution in [-0.4, -0.2) is 34.5 Å². The van der Waals surface area contributed by atoms with Crippen molar-refractivity contribution < 1.29 is 24.9 Å². The first-order valence-electron chi connectivity index (χ1n) is 10.3. The Morgan fingerprint density at radius 2 is 2.24 bits per heavy atom. The highest BCUT2D eigenvalue weighted by molar-refractivity contribution is 5.64. The van der Waals surface area contributed by atoms with Gasteiger partial charge < -0.3 is 24.9 Å². The van der Waals surface area contributed by atoms with Crippen LogP contribution in [0.25, 0.3) is 0 Å². The maximum atomic E-state index is 10.7. The Labute approximate surface area is 172 Å². The minimum Gasteiger partial charge on any atom is -0.550 e. The third kappa shape index (κ3) is 4.83. The molecule has 2 N–H and O–H groups in total. The van der Waals surface area contributed by atoms with Crippen LogP contribution in [0.15, 0.2) is 30.4 Å². The Hall–Kier alpha value is -2.29. The van der Waals surface area contributed by atoms with E-state index in [-0.39, 0.29) is 30.3 Å². The van der Waals surface area contributed by atoms with Crippen molar-refractivity contribution in [3.05, 3.63) is 41.5 Å². The molecule has 1 fully saturated rings. The molecule has 5 heteroatoms. The fraction of sp³-hybridized carbons (Fsp3) is 0.542. The standard InChI is InChI=1S/C24H30O5/c1-3-4-7-15(2)19(25)13-12-17-20(26)14-21-23(17)18-10-5-8-16(24(18)29-21)9-6-11-22(27)28/h5,8,10,12-13,15,17,19-21,23,25-26H,6-7,9,11,14H2,1-2H3,(H,27,28)/p-1/b13-12+. The fourth-order valence-corrected chi connectivity index (χ4v) is 4.40. The molecule has 1 aliphatic heterocycles. The van der Waals surface area contributed by atoms with Crippen LogP contribution in [0.4, 0.5) is 0 Å². The molecule has 29 heavy (non-hydrogen) atoms. The van der Waals surface area contributed by atoms with Crippen LogP contribution < -0.4 is 9.84 Å². The number of ether oxygens (including phenoxy) is 1. The van der Waals surface area contributed by atoms with E-state index in [2.05, 4.69) is 11.8 Å². The Bertz CT molecular complexity index is 818. The summed E-state index contributed by atoms with van der Waals surface area (Å²) in [5, 5.41) is 31.7. The van der Waals surface area contributed by atoms with Crippen LogP contribution in [-0.2, 0) is 11.2 Å². The molecule has 0 saturated heterocycles. The van der Waals surface area contributed by atoms with E-state index in [0.29, 0.717) is 25.7 Å². The number of carbonyl (C=O) groups excluding carboxylic acids is 1. The van der Waals surface area contributed by atoms with Crippen LogP contribution in [0.3, 0.4) is 0 Å². The van der Waals surface area contributed by atoms with Crippen LogP contribution in [0, 0.1) is 23.7 Å². The van der Waals surface area contributed by atoms with E-state index in [0.717, 1.165) is 16.9 Å². The van der Waals surface area contributed by atoms with Gasteiger partial charge in [0.15, 0.2) is 0 Å². The first kappa shape index (κ1) is 21.4. The molecule has 1 saturated carbocycles. The van der Waals surface area contributed by atoms with Gasteiger partial charge in [-0.05, 0) is 37.7 Å². The van der Waals surface area contributed by atoms with Crippen molar-refractivity contribution in [3.63, 3.8) is 0 Å². The Balaban J connectivity index is 1.75. The molecule has 6 unspecified atom stereocenters. The summed E-state index contributed by atoms with van der Waals surface area (Å²) in [6.45, 7) is 3.74. The second-order valence-electron chi connectivity index (χ2n) is 8.11. The summed E-state index contributed by atoms with van der Waals surface area (Å²) in [5.74, 6) is 5.56. The minimum absolute atomic E-state index is 0.0236. The zero-order valence-electron chi connectivity index (χ0n) is 17.0. The number of carbonyl (C=O) groups is 1. The minimum atomic E-state index is -1.04. The molecule has 1 aromatic rings. The molecule has 156 valence electrons. The maximum Gasteiger partial charge on any atom is 0.126 e. The summed E-state index contributed by atoms with van der Waals surface area (Å²) >= 11 is 0. The molecular formula is C24H29O5-. The summed E-state index contributed by atoms with van der Waals surface area (Å²) < 4.78 is 6.19. The van der Waals surface area contributed by atoms with Gasteiger partial charge in [-0.25, -0.2) is 0 Å². The van der Waals surface area contributed by atoms with Gasteiger partial charge >= 0.3 is 0 Å². The second-order valence-corrected chi connectivity index (χ2v) is 8.11. The third-order valence-electron chi connectivity index (χ3n) is 6.03. The van der Waals surface area contributed by atoms with Crippen molar-refractivity contribution in [1.82, 2.24) is 0 Å². The lowest BCUT2D eigenvalue weighted by atomic mass is 9.86. The quantitative estimate of drug-likeness (QED) is 0.517. The molecule has 3 rings (SSSR count). The summed E-state index contributed by atoms with van der Waals surface area (Å²) in [5.41, 5.74) is 2.06. The molecule has 0 bridgehead atoms. The van der Waals surface area contributed by atoms with Crippen molar-refractivity contribution in [1.29, 1.82) is 0 Å². The molecule has 1 aromatic carbocycles. The lowest BCUT2D eigenvalue weighted by Crippen LogP contribution is -2.21. The van der Waals surface area contributed by atoms with E-state index in [1.54, 1.807) is 13.0 Å². The van der Waals surface area contributed by atoms with Gasteiger partial charge in [-0.15, -0.1) is 11.8 Å². The topological polar surface area (TPSA) is 89.8 Å². The van der Waals surface area contributed by atoms with Gasteiger partial charge in [0.25, 0.3) is 0 Å². The van der Waals surface area contributed by atoms with Crippen molar-refractivity contribution in [3.8, 4) is 17.6 Å². The number of aryl methyl sites for hydroxylation is 1. The Morgan fingerprint density at radius 1 is 1.45 bits per heavy atom. The predicted molar refractivity (Wildman–Crippen MR) is 108 cm³/mol. The van der Waals surface area contributed by atoms with E-state index < -0.39 is 18.2 Å². The van der Waals surface area contributed by atoms with Gasteiger partial charge in [0.2, 0.25) is 0 Å². The smallest absolute Gasteiger partial charge is 0.126 e. The largest absolute Gasteiger partial charge is 0.550 e. The summed E-state index contributed by atoms with van der Waals surface area (Å²) in [6.07, 6.45) is 4.80. The lowest BCUT2D eigenvalue weighted by Gasteiger charge is -2.19. The number of aliphatic hydroxyl groups excluding tert-OH is 2. The molecular weight excluding hydrogens is 368 g/mol. The lowest BCUT2D eigenvalue weighted by molar-refractivity contribution is -0.305. The number of carboxylic acids is 1. The van der Waals surface area contributed by atoms with E-state index >= 15 is 0 Å². The molecule has 1 heterocycles. The molecule has 0 aromatic heterocycles. The monoisotopic (exact) mass is 397 g/mol. The zero-order valence-corrected chi connectivity index (χ0v) is 17.0. The second kappa shape index (κ2) is 9.47. The molecule has 0 spiro atoms. The van der Waals surface area contributed by atoms with E-state index in [1.165, 1.54) is 0 Å². The van der Waals surface area contributed by atoms with E-state index in [1.807, 2.05) is 31.2 Å². The highest BCUT2D eigenvalue weighted by atomic mass is 16.5. The van der Waals surface area contributed by atoms with Gasteiger partial charge in [-0.3, -0.25) is 0 Å². The van der Waals surface area contributed by atoms with E-state index in [9.17, 15) is 20.1 Å². The number of para-hydroxylation sites is 1. The number of aliphatic carboxylic acids is 1. The SMILES string of the molecule is CC#CCC(C)C(O)/C=C/C1C(O)CC2Oc3c(CCCC(=O)[O-])cccc3C21. The fourth-order valence-electron chi connectivity index (χ4n) is 4.40. The van der Waals surface area contributed by atoms with Gasteiger partial charge in [-0.2, -0.15) is 0 Å². The van der Waals surface area contributed by atoms with Crippen molar-refractivity contribution in [2.45, 2.75) is 70.2 Å². The number of fused-ring (bicyclic) bond motifs is 3. The molecule has 6 atom stereocenters. The normalized spacial score (nSPS) is 26.9. The van der Waals surface area contributed by atoms with Crippen molar-refractivity contribution in [2.75, 3.05) is 0 Å². The van der Waals surface area contributed by atoms with Crippen LogP contribution in [0.5, 0.6) is 5.75 Å². The summed E-state index contributed by atoms with van der Waals surface area (Å²) in [6, 6.07) is 5.96. The molecule has 0 amide bonds. The number of hydrogen-bond donors (Lipinski definition) is 2. The number of benzene rings is 1. The third-order valence-corrected chi connectivity index (χ3v) is 6.03. The van der Waals surface area contributed by atoms with Gasteiger partial charge in [0.1, 0.15) is 11.9 Å². The summed E-state index contributed by atoms with van der Waals surface area (Å²) in [4.78, 5) is 10.7. The number of hydrogen-bond acceptors (Lipinski definition) is 5. The van der Waals surface area contributed by atoms with Crippen LogP contribution in [0.1, 0.15) is 56.6 Å². The van der Waals surface area contributed by atoms with Crippen LogP contribution in [0.2, 0.25) is 0 Å². The molecule has 1 aliphatic carbocycles. The van der Waals surface area contributed by atoms with Crippen molar-refractivity contribution in [2.24, 2.45) is 11.8 Å². The summed E-state index contributed by atoms with van der Waals surface area (Å²) in [7, 11) is 0. The van der Waals surface area contributed by atoms with Gasteiger partial charge in [-0.1, -0.05) is 37.3 Å². The first-order chi connectivity index (χ1) is 13.9. The first-order valence-corrected chi connectivity index (χ1v) is 10.3. The molecule has 2 aliphatic rings. The number of aliphatic hydroxyl groups is 2. The van der Waals surface area contributed by atoms with Crippen LogP contribution >= 0.6 is 0 Å².